The summed E-state index contributed by atoms with van der Waals surface area (Å²) in [4.78, 5) is 3.81. The van der Waals surface area contributed by atoms with E-state index in [1.54, 1.807) is 0 Å². The van der Waals surface area contributed by atoms with E-state index in [2.05, 4.69) is 4.98 Å². The van der Waals surface area contributed by atoms with Gasteiger partial charge in [0, 0.05) is 5.56 Å². The highest BCUT2D eigenvalue weighted by atomic mass is 35.5. The molecular formula is C9H10ClF2NO2. The minimum Gasteiger partial charge on any atom is -0.495 e. The summed E-state index contributed by atoms with van der Waals surface area (Å²) in [5.74, 6) is 0.247. The molecule has 1 aromatic rings. The normalized spacial score (nSPS) is 10.8. The van der Waals surface area contributed by atoms with Crippen molar-refractivity contribution in [3.63, 3.8) is 0 Å². The van der Waals surface area contributed by atoms with Crippen molar-refractivity contribution in [2.24, 2.45) is 0 Å². The second-order valence-electron chi connectivity index (χ2n) is 2.77. The van der Waals surface area contributed by atoms with Crippen molar-refractivity contribution in [3.05, 3.63) is 23.0 Å². The Hall–Kier alpha value is -0.940. The van der Waals surface area contributed by atoms with Crippen LogP contribution in [0.5, 0.6) is 5.75 Å². The first-order chi connectivity index (χ1) is 7.13. The number of pyridine rings is 1. The Balaban J connectivity index is 3.27. The molecule has 1 aromatic heterocycles. The van der Waals surface area contributed by atoms with Crippen molar-refractivity contribution in [1.29, 1.82) is 0 Å². The second kappa shape index (κ2) is 5.23. The van der Waals surface area contributed by atoms with Crippen LogP contribution in [0.4, 0.5) is 8.78 Å². The standard InChI is InChI=1S/C9H10ClF2NO2/c1-15-8-2-5(9(11)12)7(4-14)13-6(8)3-10/h2,9,14H,3-4H2,1H3. The maximum Gasteiger partial charge on any atom is 0.265 e. The Kier molecular flexibility index (Phi) is 4.23. The summed E-state index contributed by atoms with van der Waals surface area (Å²) in [7, 11) is 1.35. The molecule has 0 fully saturated rings. The van der Waals surface area contributed by atoms with Gasteiger partial charge in [0.25, 0.3) is 6.43 Å². The van der Waals surface area contributed by atoms with Gasteiger partial charge in [-0.2, -0.15) is 0 Å². The lowest BCUT2D eigenvalue weighted by Crippen LogP contribution is -2.04. The largest absolute Gasteiger partial charge is 0.495 e. The predicted molar refractivity (Wildman–Crippen MR) is 51.2 cm³/mol. The number of hydrogen-bond donors (Lipinski definition) is 1. The molecule has 1 rings (SSSR count). The van der Waals surface area contributed by atoms with Crippen LogP contribution in [0.1, 0.15) is 23.4 Å². The van der Waals surface area contributed by atoms with Gasteiger partial charge in [-0.1, -0.05) is 0 Å². The summed E-state index contributed by atoms with van der Waals surface area (Å²) < 4.78 is 29.9. The monoisotopic (exact) mass is 237 g/mol. The Morgan fingerprint density at radius 1 is 1.53 bits per heavy atom. The van der Waals surface area contributed by atoms with E-state index in [0.29, 0.717) is 5.69 Å². The molecule has 0 atom stereocenters. The molecule has 0 unspecified atom stereocenters. The van der Waals surface area contributed by atoms with Gasteiger partial charge in [0.2, 0.25) is 0 Å². The van der Waals surface area contributed by atoms with Crippen LogP contribution in [0.2, 0.25) is 0 Å². The molecule has 15 heavy (non-hydrogen) atoms. The third-order valence-corrected chi connectivity index (χ3v) is 2.16. The third-order valence-electron chi connectivity index (χ3n) is 1.91. The number of alkyl halides is 3. The van der Waals surface area contributed by atoms with Crippen LogP contribution in [0, 0.1) is 0 Å². The van der Waals surface area contributed by atoms with Crippen molar-refractivity contribution >= 4 is 11.6 Å². The molecular weight excluding hydrogens is 228 g/mol. The molecule has 0 radical (unpaired) electrons. The number of halogens is 3. The molecule has 6 heteroatoms. The number of aliphatic hydroxyl groups is 1. The Bertz CT molecular complexity index is 347. The molecule has 0 saturated heterocycles. The zero-order valence-corrected chi connectivity index (χ0v) is 8.76. The molecule has 0 amide bonds. The molecule has 84 valence electrons. The van der Waals surface area contributed by atoms with Crippen LogP contribution >= 0.6 is 11.6 Å². The fourth-order valence-electron chi connectivity index (χ4n) is 1.18. The quantitative estimate of drug-likeness (QED) is 0.817. The lowest BCUT2D eigenvalue weighted by atomic mass is 10.1. The van der Waals surface area contributed by atoms with E-state index in [1.807, 2.05) is 0 Å². The fourth-order valence-corrected chi connectivity index (χ4v) is 1.37. The van der Waals surface area contributed by atoms with E-state index in [9.17, 15) is 8.78 Å². The van der Waals surface area contributed by atoms with Gasteiger partial charge >= 0.3 is 0 Å². The average Bonchev–Trinajstić information content (AvgIpc) is 2.26. The number of ether oxygens (including phenoxy) is 1. The van der Waals surface area contributed by atoms with Crippen molar-refractivity contribution in [2.45, 2.75) is 18.9 Å². The first kappa shape index (κ1) is 12.1. The zero-order valence-electron chi connectivity index (χ0n) is 8.01. The maximum atomic E-state index is 12.5. The molecule has 0 saturated carbocycles. The van der Waals surface area contributed by atoms with Gasteiger partial charge in [0.1, 0.15) is 5.75 Å². The number of aromatic nitrogens is 1. The van der Waals surface area contributed by atoms with Crippen LogP contribution in [0.3, 0.4) is 0 Å². The van der Waals surface area contributed by atoms with E-state index >= 15 is 0 Å². The van der Waals surface area contributed by atoms with Crippen LogP contribution in [0.15, 0.2) is 6.07 Å². The minimum absolute atomic E-state index is 0.0414. The lowest BCUT2D eigenvalue weighted by Gasteiger charge is -2.11. The minimum atomic E-state index is -2.70. The molecule has 0 aliphatic heterocycles. The van der Waals surface area contributed by atoms with Gasteiger partial charge in [-0.3, -0.25) is 0 Å². The van der Waals surface area contributed by atoms with E-state index in [4.69, 9.17) is 21.4 Å². The van der Waals surface area contributed by atoms with E-state index in [1.165, 1.54) is 7.11 Å². The fraction of sp³-hybridized carbons (Fsp3) is 0.444. The number of methoxy groups -OCH3 is 1. The first-order valence-electron chi connectivity index (χ1n) is 4.15. The predicted octanol–water partition coefficient (Wildman–Crippen LogP) is 2.26. The summed E-state index contributed by atoms with van der Waals surface area (Å²) in [5.41, 5.74) is -0.0581. The molecule has 0 aromatic carbocycles. The summed E-state index contributed by atoms with van der Waals surface area (Å²) in [5, 5.41) is 8.87. The lowest BCUT2D eigenvalue weighted by molar-refractivity contribution is 0.145. The summed E-state index contributed by atoms with van der Waals surface area (Å²) in [6, 6.07) is 1.15. The molecule has 0 aliphatic rings. The Morgan fingerprint density at radius 3 is 2.60 bits per heavy atom. The van der Waals surface area contributed by atoms with Crippen LogP contribution in [0.25, 0.3) is 0 Å². The van der Waals surface area contributed by atoms with E-state index < -0.39 is 13.0 Å². The topological polar surface area (TPSA) is 42.4 Å². The number of hydrogen-bond acceptors (Lipinski definition) is 3. The highest BCUT2D eigenvalue weighted by Crippen LogP contribution is 2.28. The van der Waals surface area contributed by atoms with Crippen molar-refractivity contribution < 1.29 is 18.6 Å². The van der Waals surface area contributed by atoms with E-state index in [-0.39, 0.29) is 22.9 Å². The average molecular weight is 238 g/mol. The molecule has 1 N–H and O–H groups in total. The first-order valence-corrected chi connectivity index (χ1v) is 4.69. The van der Waals surface area contributed by atoms with Gasteiger partial charge in [0.15, 0.2) is 0 Å². The zero-order chi connectivity index (χ0) is 11.4. The maximum absolute atomic E-state index is 12.5. The summed E-state index contributed by atoms with van der Waals surface area (Å²) in [6.07, 6.45) is -2.70. The van der Waals surface area contributed by atoms with Gasteiger partial charge in [0.05, 0.1) is 31.0 Å². The van der Waals surface area contributed by atoms with Gasteiger partial charge < -0.3 is 9.84 Å². The molecule has 3 nitrogen and oxygen atoms in total. The van der Waals surface area contributed by atoms with Gasteiger partial charge in [-0.25, -0.2) is 13.8 Å². The van der Waals surface area contributed by atoms with E-state index in [0.717, 1.165) is 6.07 Å². The van der Waals surface area contributed by atoms with Crippen LogP contribution < -0.4 is 4.74 Å². The molecule has 1 heterocycles. The van der Waals surface area contributed by atoms with Crippen molar-refractivity contribution in [3.8, 4) is 5.75 Å². The highest BCUT2D eigenvalue weighted by Gasteiger charge is 2.17. The van der Waals surface area contributed by atoms with Gasteiger partial charge in [-0.05, 0) is 6.07 Å². The smallest absolute Gasteiger partial charge is 0.265 e. The molecule has 0 aliphatic carbocycles. The molecule has 0 spiro atoms. The SMILES string of the molecule is COc1cc(C(F)F)c(CO)nc1CCl. The van der Waals surface area contributed by atoms with Crippen molar-refractivity contribution in [1.82, 2.24) is 4.98 Å². The Labute approximate surface area is 90.7 Å². The summed E-state index contributed by atoms with van der Waals surface area (Å²) >= 11 is 5.56. The van der Waals surface area contributed by atoms with Gasteiger partial charge in [-0.15, -0.1) is 11.6 Å². The highest BCUT2D eigenvalue weighted by molar-refractivity contribution is 6.17. The Morgan fingerprint density at radius 2 is 2.20 bits per heavy atom. The second-order valence-corrected chi connectivity index (χ2v) is 3.03. The third kappa shape index (κ3) is 2.54. The van der Waals surface area contributed by atoms with Crippen molar-refractivity contribution in [2.75, 3.05) is 7.11 Å². The van der Waals surface area contributed by atoms with Crippen LogP contribution in [-0.4, -0.2) is 17.2 Å². The number of aliphatic hydroxyl groups excluding tert-OH is 1. The molecule has 0 bridgehead atoms. The number of nitrogens with zero attached hydrogens (tertiary/aromatic N) is 1. The summed E-state index contributed by atoms with van der Waals surface area (Å²) in [6.45, 7) is -0.548. The number of rotatable bonds is 4. The van der Waals surface area contributed by atoms with Crippen LogP contribution in [-0.2, 0) is 12.5 Å².